The average molecular weight is 603 g/mol. The smallest absolute Gasteiger partial charge is 0.174 e. The summed E-state index contributed by atoms with van der Waals surface area (Å²) < 4.78 is 32.3. The highest BCUT2D eigenvalue weighted by atomic mass is 79.9. The molecule has 2 atom stereocenters. The molecule has 2 unspecified atom stereocenters. The number of hydrogen-bond donors (Lipinski definition) is 1. The molecule has 190 valence electrons. The first-order valence-corrected chi connectivity index (χ1v) is 13.0. The molecule has 0 aliphatic carbocycles. The van der Waals surface area contributed by atoms with E-state index in [1.165, 1.54) is 6.07 Å². The summed E-state index contributed by atoms with van der Waals surface area (Å²) in [6.45, 7) is 0.831. The molecule has 2 aromatic carbocycles. The fourth-order valence-corrected chi connectivity index (χ4v) is 5.17. The van der Waals surface area contributed by atoms with Crippen LogP contribution < -0.4 is 15.0 Å². The van der Waals surface area contributed by atoms with Gasteiger partial charge in [0.15, 0.2) is 5.11 Å². The molecule has 1 saturated heterocycles. The van der Waals surface area contributed by atoms with E-state index in [1.807, 2.05) is 35.2 Å². The number of halogens is 3. The van der Waals surface area contributed by atoms with E-state index in [-0.39, 0.29) is 11.9 Å². The molecule has 0 spiro atoms. The van der Waals surface area contributed by atoms with Gasteiger partial charge in [-0.1, -0.05) is 33.6 Å². The number of furan rings is 1. The van der Waals surface area contributed by atoms with Crippen molar-refractivity contribution in [3.8, 4) is 17.1 Å². The lowest BCUT2D eigenvalue weighted by molar-refractivity contribution is 0.146. The highest BCUT2D eigenvalue weighted by Gasteiger charge is 2.42. The molecule has 37 heavy (non-hydrogen) atoms. The Balaban J connectivity index is 1.54. The second-order valence-electron chi connectivity index (χ2n) is 8.28. The van der Waals surface area contributed by atoms with Crippen molar-refractivity contribution in [2.75, 3.05) is 25.2 Å². The topological polar surface area (TPSA) is 59.8 Å². The number of hydrogen-bond acceptors (Lipinski definition) is 5. The van der Waals surface area contributed by atoms with Gasteiger partial charge in [-0.2, -0.15) is 0 Å². The van der Waals surface area contributed by atoms with Gasteiger partial charge in [0.25, 0.3) is 0 Å². The summed E-state index contributed by atoms with van der Waals surface area (Å²) in [4.78, 5) is 6.48. The van der Waals surface area contributed by atoms with Gasteiger partial charge >= 0.3 is 0 Å². The molecular weight excluding hydrogens is 581 g/mol. The molecule has 1 N–H and O–H groups in total. The lowest BCUT2D eigenvalue weighted by atomic mass is 10.0. The highest BCUT2D eigenvalue weighted by Crippen LogP contribution is 2.44. The van der Waals surface area contributed by atoms with Crippen LogP contribution in [0.5, 0.6) is 5.75 Å². The summed E-state index contributed by atoms with van der Waals surface area (Å²) in [5.74, 6) is 1.17. The molecule has 1 aliphatic rings. The summed E-state index contributed by atoms with van der Waals surface area (Å²) in [6, 6.07) is 18.9. The van der Waals surface area contributed by atoms with Crippen molar-refractivity contribution in [3.63, 3.8) is 0 Å². The lowest BCUT2D eigenvalue weighted by Gasteiger charge is -2.26. The Morgan fingerprint density at radius 1 is 1.14 bits per heavy atom. The predicted molar refractivity (Wildman–Crippen MR) is 149 cm³/mol. The van der Waals surface area contributed by atoms with Crippen molar-refractivity contribution in [1.82, 2.24) is 10.3 Å². The molecule has 10 heteroatoms. The molecule has 0 radical (unpaired) electrons. The van der Waals surface area contributed by atoms with Gasteiger partial charge in [-0.25, -0.2) is 4.39 Å². The highest BCUT2D eigenvalue weighted by molar-refractivity contribution is 9.10. The molecule has 3 heterocycles. The minimum absolute atomic E-state index is 0.320. The second-order valence-corrected chi connectivity index (χ2v) is 9.99. The summed E-state index contributed by atoms with van der Waals surface area (Å²) in [6.07, 6.45) is 1.73. The summed E-state index contributed by atoms with van der Waals surface area (Å²) >= 11 is 15.6. The van der Waals surface area contributed by atoms with Crippen molar-refractivity contribution in [3.05, 3.63) is 99.7 Å². The molecular formula is C27H22BrClFN3O3S. The van der Waals surface area contributed by atoms with Crippen LogP contribution in [0, 0.1) is 5.82 Å². The number of benzene rings is 2. The Hall–Kier alpha value is -2.98. The predicted octanol–water partition coefficient (Wildman–Crippen LogP) is 7.10. The maximum absolute atomic E-state index is 14.7. The van der Waals surface area contributed by atoms with Crippen LogP contribution in [0.15, 0.2) is 81.8 Å². The van der Waals surface area contributed by atoms with Gasteiger partial charge in [0.05, 0.1) is 28.9 Å². The molecule has 4 aromatic rings. The molecule has 0 bridgehead atoms. The number of anilines is 1. The van der Waals surface area contributed by atoms with Gasteiger partial charge in [-0.05, 0) is 72.9 Å². The van der Waals surface area contributed by atoms with Crippen LogP contribution in [0.4, 0.5) is 10.1 Å². The van der Waals surface area contributed by atoms with E-state index in [1.54, 1.807) is 43.6 Å². The molecule has 2 aromatic heterocycles. The van der Waals surface area contributed by atoms with Gasteiger partial charge in [-0.15, -0.1) is 0 Å². The molecule has 0 amide bonds. The Labute approximate surface area is 232 Å². The van der Waals surface area contributed by atoms with Crippen LogP contribution in [-0.2, 0) is 4.74 Å². The number of thiocarbonyl (C=S) groups is 1. The van der Waals surface area contributed by atoms with E-state index in [0.717, 1.165) is 11.4 Å². The maximum Gasteiger partial charge on any atom is 0.174 e. The van der Waals surface area contributed by atoms with E-state index in [4.69, 9.17) is 37.7 Å². The number of nitrogens with zero attached hydrogens (tertiary/aromatic N) is 2. The van der Waals surface area contributed by atoms with Crippen molar-refractivity contribution >= 4 is 50.5 Å². The zero-order valence-corrected chi connectivity index (χ0v) is 22.8. The van der Waals surface area contributed by atoms with Crippen LogP contribution >= 0.6 is 39.7 Å². The minimum Gasteiger partial charge on any atom is -0.490 e. The molecule has 0 saturated carbocycles. The number of aromatic nitrogens is 1. The van der Waals surface area contributed by atoms with E-state index in [0.29, 0.717) is 50.7 Å². The Kier molecular flexibility index (Phi) is 7.76. The number of methoxy groups -OCH3 is 1. The number of rotatable bonds is 8. The first kappa shape index (κ1) is 25.7. The Bertz CT molecular complexity index is 1420. The quantitative estimate of drug-likeness (QED) is 0.171. The first-order valence-electron chi connectivity index (χ1n) is 11.4. The van der Waals surface area contributed by atoms with E-state index in [2.05, 4.69) is 26.2 Å². The number of pyridine rings is 1. The lowest BCUT2D eigenvalue weighted by Crippen LogP contribution is -2.29. The van der Waals surface area contributed by atoms with Gasteiger partial charge in [0, 0.05) is 23.5 Å². The van der Waals surface area contributed by atoms with Gasteiger partial charge in [0.1, 0.15) is 35.7 Å². The monoisotopic (exact) mass is 601 g/mol. The standard InChI is InChI=1S/C27H22BrClFN3O3S/c1-34-12-13-35-23-8-6-17(15-19(23)29)33-26(25(32-27(33)37)21-4-2-3-11-31-21)24-10-9-22(36-24)18-7-5-16(28)14-20(18)30/h2-11,14-15,25-26H,12-13H2,1H3,(H,32,37). The fourth-order valence-electron chi connectivity index (χ4n) is 4.26. The van der Waals surface area contributed by atoms with E-state index in [9.17, 15) is 4.39 Å². The average Bonchev–Trinajstić information content (AvgIpc) is 3.50. The third-order valence-electron chi connectivity index (χ3n) is 5.95. The molecule has 6 nitrogen and oxygen atoms in total. The van der Waals surface area contributed by atoms with Crippen molar-refractivity contribution in [2.24, 2.45) is 0 Å². The van der Waals surface area contributed by atoms with Crippen LogP contribution in [0.1, 0.15) is 23.5 Å². The summed E-state index contributed by atoms with van der Waals surface area (Å²) in [5, 5.41) is 4.30. The van der Waals surface area contributed by atoms with Crippen molar-refractivity contribution in [1.29, 1.82) is 0 Å². The second kappa shape index (κ2) is 11.2. The van der Waals surface area contributed by atoms with Crippen LogP contribution in [0.25, 0.3) is 11.3 Å². The zero-order chi connectivity index (χ0) is 25.9. The largest absolute Gasteiger partial charge is 0.490 e. The maximum atomic E-state index is 14.7. The van der Waals surface area contributed by atoms with Crippen LogP contribution in [0.3, 0.4) is 0 Å². The summed E-state index contributed by atoms with van der Waals surface area (Å²) in [5.41, 5.74) is 1.90. The molecule has 1 aliphatic heterocycles. The van der Waals surface area contributed by atoms with Crippen molar-refractivity contribution in [2.45, 2.75) is 12.1 Å². The minimum atomic E-state index is -0.411. The first-order chi connectivity index (χ1) is 18.0. The fraction of sp³-hybridized carbons (Fsp3) is 0.185. The SMILES string of the molecule is COCCOc1ccc(N2C(=S)NC(c3ccccn3)C2c2ccc(-c3ccc(Br)cc3F)o2)cc1Cl. The third-order valence-corrected chi connectivity index (χ3v) is 7.05. The van der Waals surface area contributed by atoms with E-state index < -0.39 is 6.04 Å². The number of ether oxygens (including phenoxy) is 2. The van der Waals surface area contributed by atoms with Gasteiger partial charge in [0.2, 0.25) is 0 Å². The van der Waals surface area contributed by atoms with Gasteiger partial charge in [-0.3, -0.25) is 4.98 Å². The molecule has 5 rings (SSSR count). The van der Waals surface area contributed by atoms with Crippen LogP contribution in [-0.4, -0.2) is 30.4 Å². The third kappa shape index (κ3) is 5.36. The van der Waals surface area contributed by atoms with Crippen molar-refractivity contribution < 1.29 is 18.3 Å². The van der Waals surface area contributed by atoms with E-state index >= 15 is 0 Å². The normalized spacial score (nSPS) is 17.2. The van der Waals surface area contributed by atoms with Crippen LogP contribution in [0.2, 0.25) is 5.02 Å². The van der Waals surface area contributed by atoms with Gasteiger partial charge < -0.3 is 24.1 Å². The Morgan fingerprint density at radius 2 is 2.00 bits per heavy atom. The Morgan fingerprint density at radius 3 is 2.73 bits per heavy atom. The number of nitrogens with one attached hydrogen (secondary N) is 1. The molecule has 1 fully saturated rings. The zero-order valence-electron chi connectivity index (χ0n) is 19.7. The summed E-state index contributed by atoms with van der Waals surface area (Å²) in [7, 11) is 1.61.